The lowest BCUT2D eigenvalue weighted by Gasteiger charge is -2.14. The number of nitrogens with two attached hydrogens (primary N) is 1. The molecule has 0 aliphatic heterocycles. The van der Waals surface area contributed by atoms with Crippen molar-refractivity contribution in [1.29, 1.82) is 0 Å². The number of hydrogen-bond acceptors (Lipinski definition) is 10. The minimum Gasteiger partial charge on any atom is -0.491 e. The maximum atomic E-state index is 12.0. The van der Waals surface area contributed by atoms with E-state index in [-0.39, 0.29) is 18.9 Å². The fraction of sp³-hybridized carbons (Fsp3) is 0.333. The zero-order valence-corrected chi connectivity index (χ0v) is 21.6. The summed E-state index contributed by atoms with van der Waals surface area (Å²) < 4.78 is 22.7. The second kappa shape index (κ2) is 14.2. The van der Waals surface area contributed by atoms with Gasteiger partial charge in [0.25, 0.3) is 0 Å². The summed E-state index contributed by atoms with van der Waals surface area (Å²) in [5, 5.41) is 12.6. The zero-order valence-electron chi connectivity index (χ0n) is 20.0. The third kappa shape index (κ3) is 8.99. The van der Waals surface area contributed by atoms with Gasteiger partial charge in [0.2, 0.25) is 11.0 Å². The van der Waals surface area contributed by atoms with Gasteiger partial charge in [0, 0.05) is 0 Å². The predicted molar refractivity (Wildman–Crippen MR) is 139 cm³/mol. The van der Waals surface area contributed by atoms with Crippen molar-refractivity contribution >= 4 is 40.2 Å². The Hall–Kier alpha value is -3.41. The lowest BCUT2D eigenvalue weighted by Crippen LogP contribution is -2.19. The van der Waals surface area contributed by atoms with Crippen LogP contribution in [0.25, 0.3) is 0 Å². The number of carbonyl (C=O) groups excluding carboxylic acids is 1. The quantitative estimate of drug-likeness (QED) is 0.182. The van der Waals surface area contributed by atoms with Crippen molar-refractivity contribution in [3.8, 4) is 17.2 Å². The van der Waals surface area contributed by atoms with E-state index in [1.54, 1.807) is 12.1 Å². The second-order valence-corrected chi connectivity index (χ2v) is 8.89. The van der Waals surface area contributed by atoms with Gasteiger partial charge in [-0.05, 0) is 49.2 Å². The first-order valence-corrected chi connectivity index (χ1v) is 12.4. The van der Waals surface area contributed by atoms with Crippen molar-refractivity contribution in [2.24, 2.45) is 5.10 Å². The van der Waals surface area contributed by atoms with Crippen LogP contribution in [0.3, 0.4) is 0 Å². The summed E-state index contributed by atoms with van der Waals surface area (Å²) in [4.78, 5) is 12.0. The standard InChI is InChI=1S/C24H28ClN5O5S/c1-3-33-20-13-17(15-27-28-21(31)14-22-29-30-24(26)36-22)12-19(25)23(20)35-10-8-32-7-9-34-18-6-4-5-16(2)11-18/h4-6,11-13,15H,3,7-10,14H2,1-2H3,(H2,26,30)(H,28,31)/b27-15-. The van der Waals surface area contributed by atoms with Crippen molar-refractivity contribution in [3.63, 3.8) is 0 Å². The first-order valence-electron chi connectivity index (χ1n) is 11.2. The highest BCUT2D eigenvalue weighted by molar-refractivity contribution is 7.15. The highest BCUT2D eigenvalue weighted by Crippen LogP contribution is 2.36. The molecular formula is C24H28ClN5O5S. The topological polar surface area (TPSA) is 130 Å². The molecule has 36 heavy (non-hydrogen) atoms. The van der Waals surface area contributed by atoms with E-state index >= 15 is 0 Å². The second-order valence-electron chi connectivity index (χ2n) is 7.39. The number of nitrogens with zero attached hydrogens (tertiary/aromatic N) is 3. The number of aromatic nitrogens is 2. The smallest absolute Gasteiger partial charge is 0.247 e. The van der Waals surface area contributed by atoms with Crippen molar-refractivity contribution in [2.75, 3.05) is 38.8 Å². The van der Waals surface area contributed by atoms with E-state index in [2.05, 4.69) is 20.7 Å². The van der Waals surface area contributed by atoms with Gasteiger partial charge in [-0.2, -0.15) is 5.10 Å². The van der Waals surface area contributed by atoms with Crippen LogP contribution in [0.4, 0.5) is 5.13 Å². The van der Waals surface area contributed by atoms with Gasteiger partial charge in [-0.15, -0.1) is 10.2 Å². The molecule has 12 heteroatoms. The molecule has 0 saturated carbocycles. The van der Waals surface area contributed by atoms with Crippen molar-refractivity contribution in [1.82, 2.24) is 15.6 Å². The van der Waals surface area contributed by atoms with Crippen molar-refractivity contribution in [2.45, 2.75) is 20.3 Å². The molecular weight excluding hydrogens is 506 g/mol. The third-order valence-electron chi connectivity index (χ3n) is 4.49. The van der Waals surface area contributed by atoms with E-state index < -0.39 is 0 Å². The number of aryl methyl sites for hydroxylation is 1. The average molecular weight is 534 g/mol. The van der Waals surface area contributed by atoms with Gasteiger partial charge in [0.05, 0.1) is 37.5 Å². The van der Waals surface area contributed by atoms with E-state index in [4.69, 9.17) is 36.3 Å². The van der Waals surface area contributed by atoms with Crippen molar-refractivity contribution in [3.05, 3.63) is 57.6 Å². The summed E-state index contributed by atoms with van der Waals surface area (Å²) in [6.07, 6.45) is 1.49. The van der Waals surface area contributed by atoms with Crippen LogP contribution in [0.2, 0.25) is 5.02 Å². The van der Waals surface area contributed by atoms with Crippen molar-refractivity contribution < 1.29 is 23.7 Å². The minimum absolute atomic E-state index is 0.0318. The number of rotatable bonds is 14. The molecule has 2 aromatic carbocycles. The van der Waals surface area contributed by atoms with Gasteiger partial charge in [0.1, 0.15) is 24.0 Å². The van der Waals surface area contributed by atoms with Gasteiger partial charge >= 0.3 is 0 Å². The predicted octanol–water partition coefficient (Wildman–Crippen LogP) is 3.65. The van der Waals surface area contributed by atoms with Crippen LogP contribution in [0.15, 0.2) is 41.5 Å². The summed E-state index contributed by atoms with van der Waals surface area (Å²) in [6.45, 7) is 5.79. The molecule has 0 spiro atoms. The van der Waals surface area contributed by atoms with Crippen LogP contribution in [-0.2, 0) is 16.0 Å². The summed E-state index contributed by atoms with van der Waals surface area (Å²) >= 11 is 7.57. The molecule has 0 unspecified atom stereocenters. The highest BCUT2D eigenvalue weighted by Gasteiger charge is 2.13. The largest absolute Gasteiger partial charge is 0.491 e. The van der Waals surface area contributed by atoms with Gasteiger partial charge in [-0.3, -0.25) is 4.79 Å². The lowest BCUT2D eigenvalue weighted by atomic mass is 10.2. The number of nitrogen functional groups attached to an aromatic ring is 1. The monoisotopic (exact) mass is 533 g/mol. The Bertz CT molecular complexity index is 1170. The van der Waals surface area contributed by atoms with Gasteiger partial charge in [-0.25, -0.2) is 5.43 Å². The maximum Gasteiger partial charge on any atom is 0.247 e. The van der Waals surface area contributed by atoms with Crippen LogP contribution in [0.5, 0.6) is 17.2 Å². The molecule has 3 rings (SSSR count). The highest BCUT2D eigenvalue weighted by atomic mass is 35.5. The molecule has 3 aromatic rings. The fourth-order valence-electron chi connectivity index (χ4n) is 2.99. The summed E-state index contributed by atoms with van der Waals surface area (Å²) in [5.41, 5.74) is 9.71. The number of ether oxygens (including phenoxy) is 4. The van der Waals surface area contributed by atoms with Gasteiger partial charge in [-0.1, -0.05) is 35.1 Å². The zero-order chi connectivity index (χ0) is 25.8. The molecule has 0 aliphatic carbocycles. The number of halogens is 1. The Morgan fingerprint density at radius 1 is 1.14 bits per heavy atom. The molecule has 0 aliphatic rings. The molecule has 1 heterocycles. The minimum atomic E-state index is -0.345. The molecule has 3 N–H and O–H groups in total. The Morgan fingerprint density at radius 3 is 2.67 bits per heavy atom. The van der Waals surface area contributed by atoms with E-state index in [0.717, 1.165) is 22.6 Å². The summed E-state index contributed by atoms with van der Waals surface area (Å²) in [5.74, 6) is 1.34. The molecule has 10 nitrogen and oxygen atoms in total. The first kappa shape index (κ1) is 27.2. The lowest BCUT2D eigenvalue weighted by molar-refractivity contribution is -0.120. The molecule has 1 aromatic heterocycles. The number of anilines is 1. The summed E-state index contributed by atoms with van der Waals surface area (Å²) in [6, 6.07) is 11.2. The van der Waals surface area contributed by atoms with Gasteiger partial charge < -0.3 is 24.7 Å². The Kier molecular flexibility index (Phi) is 10.7. The molecule has 0 fully saturated rings. The molecule has 0 atom stereocenters. The van der Waals surface area contributed by atoms with Crippen LogP contribution in [0.1, 0.15) is 23.1 Å². The number of carbonyl (C=O) groups is 1. The first-order chi connectivity index (χ1) is 17.4. The number of amides is 1. The fourth-order valence-corrected chi connectivity index (χ4v) is 3.87. The number of benzene rings is 2. The molecule has 0 saturated heterocycles. The van der Waals surface area contributed by atoms with Crippen LogP contribution in [-0.4, -0.2) is 55.4 Å². The van der Waals surface area contributed by atoms with E-state index in [1.807, 2.05) is 38.1 Å². The number of hydrazone groups is 1. The van der Waals surface area contributed by atoms with E-state index in [0.29, 0.717) is 58.7 Å². The van der Waals surface area contributed by atoms with Crippen LogP contribution in [0, 0.1) is 6.92 Å². The average Bonchev–Trinajstić information content (AvgIpc) is 3.24. The summed E-state index contributed by atoms with van der Waals surface area (Å²) in [7, 11) is 0. The molecule has 1 amide bonds. The Balaban J connectivity index is 1.45. The van der Waals surface area contributed by atoms with Crippen LogP contribution < -0.4 is 25.4 Å². The van der Waals surface area contributed by atoms with Crippen LogP contribution >= 0.6 is 22.9 Å². The molecule has 0 bridgehead atoms. The number of nitrogens with one attached hydrogen (secondary N) is 1. The van der Waals surface area contributed by atoms with E-state index in [1.165, 1.54) is 6.21 Å². The van der Waals surface area contributed by atoms with E-state index in [9.17, 15) is 4.79 Å². The third-order valence-corrected chi connectivity index (χ3v) is 5.52. The maximum absolute atomic E-state index is 12.0. The molecule has 192 valence electrons. The Morgan fingerprint density at radius 2 is 1.94 bits per heavy atom. The normalized spacial score (nSPS) is 11.0. The molecule has 0 radical (unpaired) electrons. The number of hydrogen-bond donors (Lipinski definition) is 2. The SMILES string of the molecule is CCOc1cc(/C=N\NC(=O)Cc2nnc(N)s2)cc(Cl)c1OCCOCCOc1cccc(C)c1. The Labute approximate surface area is 218 Å². The van der Waals surface area contributed by atoms with Gasteiger partial charge in [0.15, 0.2) is 11.5 Å².